The summed E-state index contributed by atoms with van der Waals surface area (Å²) in [6, 6.07) is 15.5. The van der Waals surface area contributed by atoms with Crippen LogP contribution < -0.4 is 19.5 Å². The molecule has 0 unspecified atom stereocenters. The number of hydrogen-bond donors (Lipinski definition) is 1. The molecule has 2 aromatic rings. The lowest BCUT2D eigenvalue weighted by atomic mass is 10.3. The van der Waals surface area contributed by atoms with Crippen molar-refractivity contribution in [2.75, 3.05) is 32.2 Å². The summed E-state index contributed by atoms with van der Waals surface area (Å²) >= 11 is 0. The van der Waals surface area contributed by atoms with Crippen LogP contribution in [0.25, 0.3) is 0 Å². The summed E-state index contributed by atoms with van der Waals surface area (Å²) in [5.41, 5.74) is 1.06. The molecule has 0 spiro atoms. The molecule has 22 heavy (non-hydrogen) atoms. The summed E-state index contributed by atoms with van der Waals surface area (Å²) in [6.07, 6.45) is 1.02. The number of ether oxygens (including phenoxy) is 3. The van der Waals surface area contributed by atoms with Gasteiger partial charge in [0, 0.05) is 12.2 Å². The van der Waals surface area contributed by atoms with Crippen LogP contribution in [0, 0.1) is 0 Å². The zero-order chi connectivity index (χ0) is 15.6. The Balaban J connectivity index is 1.69. The van der Waals surface area contributed by atoms with E-state index in [0.717, 1.165) is 42.5 Å². The van der Waals surface area contributed by atoms with Gasteiger partial charge in [0.15, 0.2) is 0 Å². The van der Waals surface area contributed by atoms with Crippen LogP contribution in [0.1, 0.15) is 13.3 Å². The maximum absolute atomic E-state index is 5.66. The van der Waals surface area contributed by atoms with Crippen LogP contribution in [0.2, 0.25) is 0 Å². The number of rotatable bonds is 9. The largest absolute Gasteiger partial charge is 0.497 e. The van der Waals surface area contributed by atoms with Gasteiger partial charge in [-0.15, -0.1) is 0 Å². The monoisotopic (exact) mass is 301 g/mol. The molecule has 0 saturated carbocycles. The highest BCUT2D eigenvalue weighted by Crippen LogP contribution is 2.17. The molecule has 0 aliphatic rings. The normalized spacial score (nSPS) is 10.1. The van der Waals surface area contributed by atoms with Crippen LogP contribution in [0.3, 0.4) is 0 Å². The van der Waals surface area contributed by atoms with Gasteiger partial charge in [0.1, 0.15) is 23.9 Å². The van der Waals surface area contributed by atoms with Crippen LogP contribution >= 0.6 is 0 Å². The van der Waals surface area contributed by atoms with Gasteiger partial charge in [-0.1, -0.05) is 6.92 Å². The van der Waals surface area contributed by atoms with E-state index in [0.29, 0.717) is 6.61 Å². The molecule has 0 atom stereocenters. The molecule has 0 aromatic heterocycles. The first-order chi connectivity index (χ1) is 10.8. The topological polar surface area (TPSA) is 39.7 Å². The first-order valence-electron chi connectivity index (χ1n) is 7.55. The molecule has 0 aliphatic heterocycles. The van der Waals surface area contributed by atoms with Gasteiger partial charge >= 0.3 is 0 Å². The Labute approximate surface area is 132 Å². The van der Waals surface area contributed by atoms with Gasteiger partial charge in [-0.25, -0.2) is 0 Å². The fourth-order valence-electron chi connectivity index (χ4n) is 1.93. The highest BCUT2D eigenvalue weighted by molar-refractivity contribution is 5.46. The quantitative estimate of drug-likeness (QED) is 0.711. The number of hydrogen-bond acceptors (Lipinski definition) is 4. The molecule has 0 saturated heterocycles. The van der Waals surface area contributed by atoms with E-state index in [1.54, 1.807) is 7.11 Å². The molecule has 0 amide bonds. The second kappa shape index (κ2) is 8.82. The third kappa shape index (κ3) is 5.20. The summed E-state index contributed by atoms with van der Waals surface area (Å²) < 4.78 is 16.3. The van der Waals surface area contributed by atoms with Crippen molar-refractivity contribution in [2.24, 2.45) is 0 Å². The lowest BCUT2D eigenvalue weighted by Gasteiger charge is -2.10. The summed E-state index contributed by atoms with van der Waals surface area (Å²) in [4.78, 5) is 0. The number of methoxy groups -OCH3 is 1. The molecular formula is C18H23NO3. The molecule has 0 bridgehead atoms. The zero-order valence-corrected chi connectivity index (χ0v) is 13.2. The lowest BCUT2D eigenvalue weighted by molar-refractivity contribution is 0.317. The van der Waals surface area contributed by atoms with Crippen molar-refractivity contribution in [3.63, 3.8) is 0 Å². The number of benzene rings is 2. The van der Waals surface area contributed by atoms with Gasteiger partial charge < -0.3 is 19.5 Å². The predicted octanol–water partition coefficient (Wildman–Crippen LogP) is 3.97. The highest BCUT2D eigenvalue weighted by Gasteiger charge is 1.97. The molecule has 1 N–H and O–H groups in total. The predicted molar refractivity (Wildman–Crippen MR) is 89.2 cm³/mol. The Hall–Kier alpha value is -2.36. The van der Waals surface area contributed by atoms with E-state index < -0.39 is 0 Å². The second-order valence-electron chi connectivity index (χ2n) is 4.82. The molecule has 4 heteroatoms. The summed E-state index contributed by atoms with van der Waals surface area (Å²) in [6.45, 7) is 4.18. The third-order valence-corrected chi connectivity index (χ3v) is 3.09. The van der Waals surface area contributed by atoms with Crippen LogP contribution in [0.15, 0.2) is 48.5 Å². The highest BCUT2D eigenvalue weighted by atomic mass is 16.5. The van der Waals surface area contributed by atoms with E-state index in [-0.39, 0.29) is 0 Å². The van der Waals surface area contributed by atoms with Gasteiger partial charge in [0.25, 0.3) is 0 Å². The zero-order valence-electron chi connectivity index (χ0n) is 13.2. The molecule has 0 radical (unpaired) electrons. The fraction of sp³-hybridized carbons (Fsp3) is 0.333. The van der Waals surface area contributed by atoms with Crippen molar-refractivity contribution < 1.29 is 14.2 Å². The van der Waals surface area contributed by atoms with E-state index in [2.05, 4.69) is 12.2 Å². The van der Waals surface area contributed by atoms with Crippen molar-refractivity contribution >= 4 is 5.69 Å². The second-order valence-corrected chi connectivity index (χ2v) is 4.82. The van der Waals surface area contributed by atoms with Crippen molar-refractivity contribution in [1.82, 2.24) is 0 Å². The van der Waals surface area contributed by atoms with Gasteiger partial charge in [-0.2, -0.15) is 0 Å². The van der Waals surface area contributed by atoms with Crippen molar-refractivity contribution in [3.05, 3.63) is 48.5 Å². The van der Waals surface area contributed by atoms with Crippen molar-refractivity contribution in [3.8, 4) is 17.2 Å². The maximum atomic E-state index is 5.66. The number of nitrogens with one attached hydrogen (secondary N) is 1. The molecule has 0 fully saturated rings. The maximum Gasteiger partial charge on any atom is 0.119 e. The Morgan fingerprint density at radius 3 is 1.91 bits per heavy atom. The van der Waals surface area contributed by atoms with E-state index in [1.807, 2.05) is 48.5 Å². The first-order valence-corrected chi connectivity index (χ1v) is 7.55. The first kappa shape index (κ1) is 16.0. The molecule has 4 nitrogen and oxygen atoms in total. The lowest BCUT2D eigenvalue weighted by Crippen LogP contribution is -2.11. The van der Waals surface area contributed by atoms with Gasteiger partial charge in [0.05, 0.1) is 13.7 Å². The van der Waals surface area contributed by atoms with Crippen LogP contribution in [-0.2, 0) is 0 Å². The molecule has 0 aliphatic carbocycles. The summed E-state index contributed by atoms with van der Waals surface area (Å²) in [5, 5.41) is 3.32. The molecule has 0 heterocycles. The Bertz CT molecular complexity index is 537. The van der Waals surface area contributed by atoms with E-state index in [4.69, 9.17) is 14.2 Å². The van der Waals surface area contributed by atoms with Gasteiger partial charge in [-0.3, -0.25) is 0 Å². The minimum Gasteiger partial charge on any atom is -0.497 e. The minimum absolute atomic E-state index is 0.598. The standard InChI is InChI=1S/C18H23NO3/c1-3-13-21-17-6-4-15(5-7-17)19-12-14-22-18-10-8-16(20-2)9-11-18/h4-11,19H,3,12-14H2,1-2H3. The Kier molecular flexibility index (Phi) is 6.42. The van der Waals surface area contributed by atoms with Crippen LogP contribution in [0.4, 0.5) is 5.69 Å². The molecule has 2 rings (SSSR count). The SMILES string of the molecule is CCCOc1ccc(NCCOc2ccc(OC)cc2)cc1. The summed E-state index contributed by atoms with van der Waals surface area (Å²) in [7, 11) is 1.65. The van der Waals surface area contributed by atoms with E-state index in [1.165, 1.54) is 0 Å². The molecule has 118 valence electrons. The van der Waals surface area contributed by atoms with Crippen LogP contribution in [0.5, 0.6) is 17.2 Å². The Morgan fingerprint density at radius 2 is 1.32 bits per heavy atom. The average Bonchev–Trinajstić information content (AvgIpc) is 2.58. The fourth-order valence-corrected chi connectivity index (χ4v) is 1.93. The Morgan fingerprint density at radius 1 is 0.773 bits per heavy atom. The average molecular weight is 301 g/mol. The number of anilines is 1. The van der Waals surface area contributed by atoms with Crippen LogP contribution in [-0.4, -0.2) is 26.9 Å². The smallest absolute Gasteiger partial charge is 0.119 e. The molecule has 2 aromatic carbocycles. The van der Waals surface area contributed by atoms with Crippen molar-refractivity contribution in [2.45, 2.75) is 13.3 Å². The van der Waals surface area contributed by atoms with Crippen molar-refractivity contribution in [1.29, 1.82) is 0 Å². The van der Waals surface area contributed by atoms with E-state index in [9.17, 15) is 0 Å². The van der Waals surface area contributed by atoms with E-state index >= 15 is 0 Å². The molecular weight excluding hydrogens is 278 g/mol. The van der Waals surface area contributed by atoms with Gasteiger partial charge in [-0.05, 0) is 55.0 Å². The summed E-state index contributed by atoms with van der Waals surface area (Å²) in [5.74, 6) is 2.57. The van der Waals surface area contributed by atoms with Gasteiger partial charge in [0.2, 0.25) is 0 Å². The third-order valence-electron chi connectivity index (χ3n) is 3.09. The minimum atomic E-state index is 0.598.